The molecule has 8 heteroatoms. The minimum atomic E-state index is -0.672. The molecule has 0 aliphatic rings. The van der Waals surface area contributed by atoms with E-state index < -0.39 is 11.6 Å². The zero-order valence-corrected chi connectivity index (χ0v) is 15.8. The molecule has 3 aromatic heterocycles. The molecular formula is C21H14F2N4OS. The number of benzene rings is 2. The Labute approximate surface area is 168 Å². The normalized spacial score (nSPS) is 11.4. The lowest BCUT2D eigenvalue weighted by atomic mass is 10.1. The molecule has 2 aromatic carbocycles. The second-order valence-electron chi connectivity index (χ2n) is 6.48. The predicted octanol–water partition coefficient (Wildman–Crippen LogP) is 5.13. The van der Waals surface area contributed by atoms with Crippen molar-refractivity contribution in [1.29, 1.82) is 0 Å². The van der Waals surface area contributed by atoms with Crippen LogP contribution in [0.3, 0.4) is 0 Å². The summed E-state index contributed by atoms with van der Waals surface area (Å²) in [6, 6.07) is 11.3. The van der Waals surface area contributed by atoms with E-state index in [2.05, 4.69) is 26.0 Å². The highest BCUT2D eigenvalue weighted by molar-refractivity contribution is 7.19. The van der Waals surface area contributed by atoms with Crippen LogP contribution in [-0.4, -0.2) is 26.5 Å². The highest BCUT2D eigenvalue weighted by Gasteiger charge is 2.12. The summed E-state index contributed by atoms with van der Waals surface area (Å²) in [5, 5.41) is 1.66. The summed E-state index contributed by atoms with van der Waals surface area (Å²) in [7, 11) is 0. The Morgan fingerprint density at radius 3 is 2.72 bits per heavy atom. The summed E-state index contributed by atoms with van der Waals surface area (Å²) in [5.74, 6) is -1.10. The number of aromatic amines is 1. The van der Waals surface area contributed by atoms with Crippen LogP contribution in [0.4, 0.5) is 8.78 Å². The van der Waals surface area contributed by atoms with Gasteiger partial charge in [-0.05, 0) is 23.8 Å². The third-order valence-electron chi connectivity index (χ3n) is 4.52. The second-order valence-corrected chi connectivity index (χ2v) is 7.42. The van der Waals surface area contributed by atoms with Crippen LogP contribution in [0.1, 0.15) is 5.56 Å². The maximum Gasteiger partial charge on any atom is 0.275 e. The molecule has 5 nitrogen and oxygen atoms in total. The molecule has 5 rings (SSSR count). The monoisotopic (exact) mass is 408 g/mol. The van der Waals surface area contributed by atoms with Crippen LogP contribution < -0.4 is 4.74 Å². The van der Waals surface area contributed by atoms with Gasteiger partial charge in [0.15, 0.2) is 10.7 Å². The van der Waals surface area contributed by atoms with Gasteiger partial charge in [0.05, 0.1) is 12.8 Å². The summed E-state index contributed by atoms with van der Waals surface area (Å²) >= 11 is 1.28. The van der Waals surface area contributed by atoms with E-state index in [1.807, 2.05) is 24.4 Å². The first-order chi connectivity index (χ1) is 14.2. The molecule has 0 fully saturated rings. The Morgan fingerprint density at radius 2 is 1.86 bits per heavy atom. The van der Waals surface area contributed by atoms with E-state index in [1.54, 1.807) is 0 Å². The van der Waals surface area contributed by atoms with Gasteiger partial charge < -0.3 is 9.72 Å². The third-order valence-corrected chi connectivity index (χ3v) is 5.40. The van der Waals surface area contributed by atoms with Gasteiger partial charge in [0.25, 0.3) is 5.19 Å². The zero-order valence-electron chi connectivity index (χ0n) is 15.0. The summed E-state index contributed by atoms with van der Waals surface area (Å²) in [6.45, 7) is 0.469. The van der Waals surface area contributed by atoms with Crippen molar-refractivity contribution in [2.45, 2.75) is 6.42 Å². The van der Waals surface area contributed by atoms with Crippen LogP contribution >= 0.6 is 11.3 Å². The number of halogens is 2. The SMILES string of the molecule is Fc1cc(F)cc(-c2ncc3nc(OCCc4c[nH]c5ccccc45)sc3n2)c1. The van der Waals surface area contributed by atoms with Crippen molar-refractivity contribution in [1.82, 2.24) is 19.9 Å². The van der Waals surface area contributed by atoms with Gasteiger partial charge in [0.1, 0.15) is 17.2 Å². The van der Waals surface area contributed by atoms with E-state index in [-0.39, 0.29) is 11.4 Å². The smallest absolute Gasteiger partial charge is 0.275 e. The molecule has 29 heavy (non-hydrogen) atoms. The van der Waals surface area contributed by atoms with Crippen molar-refractivity contribution in [3.8, 4) is 16.6 Å². The highest BCUT2D eigenvalue weighted by Crippen LogP contribution is 2.28. The van der Waals surface area contributed by atoms with Crippen molar-refractivity contribution in [2.24, 2.45) is 0 Å². The minimum Gasteiger partial charge on any atom is -0.470 e. The topological polar surface area (TPSA) is 63.7 Å². The average Bonchev–Trinajstić information content (AvgIpc) is 3.30. The number of H-pyrrole nitrogens is 1. The van der Waals surface area contributed by atoms with Gasteiger partial charge in [-0.15, -0.1) is 0 Å². The van der Waals surface area contributed by atoms with E-state index in [1.165, 1.54) is 40.6 Å². The third kappa shape index (κ3) is 3.54. The molecule has 5 aromatic rings. The fraction of sp³-hybridized carbons (Fsp3) is 0.0952. The minimum absolute atomic E-state index is 0.241. The Bertz CT molecular complexity index is 1310. The zero-order chi connectivity index (χ0) is 19.8. The van der Waals surface area contributed by atoms with E-state index in [9.17, 15) is 8.78 Å². The van der Waals surface area contributed by atoms with Crippen LogP contribution in [0.15, 0.2) is 54.9 Å². The van der Waals surface area contributed by atoms with E-state index in [4.69, 9.17) is 4.74 Å². The highest BCUT2D eigenvalue weighted by atomic mass is 32.1. The van der Waals surface area contributed by atoms with Crippen LogP contribution in [0, 0.1) is 11.6 Å². The number of thiazole rings is 1. The fourth-order valence-electron chi connectivity index (χ4n) is 3.19. The lowest BCUT2D eigenvalue weighted by molar-refractivity contribution is 0.321. The van der Waals surface area contributed by atoms with Gasteiger partial charge >= 0.3 is 0 Å². The molecule has 3 heterocycles. The van der Waals surface area contributed by atoms with Gasteiger partial charge in [0.2, 0.25) is 0 Å². The molecule has 0 aliphatic heterocycles. The molecule has 0 atom stereocenters. The van der Waals surface area contributed by atoms with Gasteiger partial charge in [0, 0.05) is 35.2 Å². The quantitative estimate of drug-likeness (QED) is 0.438. The van der Waals surface area contributed by atoms with Crippen molar-refractivity contribution >= 4 is 32.6 Å². The van der Waals surface area contributed by atoms with Crippen molar-refractivity contribution < 1.29 is 13.5 Å². The number of ether oxygens (including phenoxy) is 1. The number of nitrogens with one attached hydrogen (secondary N) is 1. The Kier molecular flexibility index (Phi) is 4.40. The fourth-order valence-corrected chi connectivity index (χ4v) is 3.97. The second kappa shape index (κ2) is 7.21. The Morgan fingerprint density at radius 1 is 1.03 bits per heavy atom. The number of rotatable bonds is 5. The molecule has 0 spiro atoms. The standard InChI is InChI=1S/C21H14F2N4OS/c22-14-7-13(8-15(23)9-14)19-25-11-18-20(27-19)29-21(26-18)28-6-5-12-10-24-17-4-2-1-3-16(12)17/h1-4,7-11,24H,5-6H2. The molecule has 0 saturated carbocycles. The maximum atomic E-state index is 13.5. The Balaban J connectivity index is 1.33. The molecule has 0 unspecified atom stereocenters. The lowest BCUT2D eigenvalue weighted by Crippen LogP contribution is -2.00. The summed E-state index contributed by atoms with van der Waals surface area (Å²) < 4.78 is 32.7. The van der Waals surface area contributed by atoms with Crippen molar-refractivity contribution in [3.05, 3.63) is 72.1 Å². The molecule has 0 bridgehead atoms. The van der Waals surface area contributed by atoms with E-state index in [0.29, 0.717) is 22.1 Å². The van der Waals surface area contributed by atoms with E-state index >= 15 is 0 Å². The van der Waals surface area contributed by atoms with Crippen LogP contribution in [0.2, 0.25) is 0 Å². The molecule has 144 valence electrons. The number of nitrogens with zero attached hydrogens (tertiary/aromatic N) is 3. The van der Waals surface area contributed by atoms with E-state index in [0.717, 1.165) is 18.0 Å². The number of fused-ring (bicyclic) bond motifs is 2. The molecule has 0 radical (unpaired) electrons. The van der Waals surface area contributed by atoms with Gasteiger partial charge in [-0.1, -0.05) is 29.5 Å². The number of aromatic nitrogens is 4. The summed E-state index contributed by atoms with van der Waals surface area (Å²) in [4.78, 5) is 16.8. The molecule has 1 N–H and O–H groups in total. The van der Waals surface area contributed by atoms with Crippen LogP contribution in [0.5, 0.6) is 5.19 Å². The molecule has 0 amide bonds. The summed E-state index contributed by atoms with van der Waals surface area (Å²) in [6.07, 6.45) is 4.26. The first-order valence-corrected chi connectivity index (χ1v) is 9.75. The van der Waals surface area contributed by atoms with Crippen LogP contribution in [-0.2, 0) is 6.42 Å². The maximum absolute atomic E-state index is 13.5. The summed E-state index contributed by atoms with van der Waals surface area (Å²) in [5.41, 5.74) is 3.13. The van der Waals surface area contributed by atoms with Gasteiger partial charge in [-0.3, -0.25) is 0 Å². The number of para-hydroxylation sites is 1. The first-order valence-electron chi connectivity index (χ1n) is 8.93. The average molecular weight is 408 g/mol. The lowest BCUT2D eigenvalue weighted by Gasteiger charge is -2.01. The van der Waals surface area contributed by atoms with Crippen molar-refractivity contribution in [3.63, 3.8) is 0 Å². The van der Waals surface area contributed by atoms with Crippen molar-refractivity contribution in [2.75, 3.05) is 6.61 Å². The first kappa shape index (κ1) is 17.7. The number of hydrogen-bond donors (Lipinski definition) is 1. The molecule has 0 saturated heterocycles. The Hall–Kier alpha value is -3.39. The number of hydrogen-bond acceptors (Lipinski definition) is 5. The van der Waals surface area contributed by atoms with Gasteiger partial charge in [-0.2, -0.15) is 4.98 Å². The van der Waals surface area contributed by atoms with Crippen LogP contribution in [0.25, 0.3) is 32.6 Å². The molecule has 0 aliphatic carbocycles. The largest absolute Gasteiger partial charge is 0.470 e. The molecular weight excluding hydrogens is 394 g/mol. The predicted molar refractivity (Wildman–Crippen MR) is 108 cm³/mol. The van der Waals surface area contributed by atoms with Gasteiger partial charge in [-0.25, -0.2) is 18.7 Å².